The van der Waals surface area contributed by atoms with E-state index in [0.29, 0.717) is 43.2 Å². The van der Waals surface area contributed by atoms with Crippen LogP contribution in [0, 0.1) is 0 Å². The summed E-state index contributed by atoms with van der Waals surface area (Å²) >= 11 is 0. The molecule has 1 amide bonds. The minimum absolute atomic E-state index is 0.00414. The Balaban J connectivity index is 1.53. The number of para-hydroxylation sites is 2. The predicted molar refractivity (Wildman–Crippen MR) is 125 cm³/mol. The molecule has 176 valence electrons. The topological polar surface area (TPSA) is 92.5 Å². The lowest BCUT2D eigenvalue weighted by Gasteiger charge is -2.32. The normalized spacial score (nSPS) is 19.3. The molecule has 3 heterocycles. The molecule has 2 aromatic carbocycles. The van der Waals surface area contributed by atoms with Crippen LogP contribution in [0.3, 0.4) is 0 Å². The molecular weight excluding hydrogens is 436 g/mol. The van der Waals surface area contributed by atoms with Crippen LogP contribution < -0.4 is 4.74 Å². The molecule has 1 atom stereocenters. The van der Waals surface area contributed by atoms with E-state index in [0.717, 1.165) is 18.5 Å². The number of aliphatic hydroxyl groups excluding tert-OH is 1. The summed E-state index contributed by atoms with van der Waals surface area (Å²) in [4.78, 5) is 30.6. The number of fused-ring (bicyclic) bond motifs is 1. The van der Waals surface area contributed by atoms with Gasteiger partial charge < -0.3 is 23.9 Å². The van der Waals surface area contributed by atoms with E-state index in [1.165, 1.54) is 7.11 Å². The van der Waals surface area contributed by atoms with Crippen molar-refractivity contribution in [2.45, 2.75) is 6.04 Å². The Bertz CT molecular complexity index is 1220. The highest BCUT2D eigenvalue weighted by Gasteiger charge is 2.45. The smallest absolute Gasteiger partial charge is 0.290 e. The Hall–Kier alpha value is -3.62. The highest BCUT2D eigenvalue weighted by Crippen LogP contribution is 2.42. The standard InChI is InChI=1S/C26H26N2O6/c1-32-20-9-5-3-7-18(20)23-22(24(29)21-16-17-6-2-4-8-19(17)34-21)25(30)26(31)28(23)11-10-27-12-14-33-15-13-27/h2-9,16,23,30H,10-15H2,1H3/t23-/m0/s1. The number of carbonyl (C=O) groups excluding carboxylic acids is 2. The Morgan fingerprint density at radius 2 is 1.82 bits per heavy atom. The molecule has 1 aromatic heterocycles. The van der Waals surface area contributed by atoms with E-state index in [4.69, 9.17) is 13.9 Å². The molecule has 1 fully saturated rings. The quantitative estimate of drug-likeness (QED) is 0.539. The molecule has 0 aliphatic carbocycles. The minimum atomic E-state index is -0.801. The molecule has 3 aromatic rings. The highest BCUT2D eigenvalue weighted by atomic mass is 16.5. The monoisotopic (exact) mass is 462 g/mol. The second kappa shape index (κ2) is 9.32. The Morgan fingerprint density at radius 3 is 2.59 bits per heavy atom. The number of nitrogens with zero attached hydrogens (tertiary/aromatic N) is 2. The van der Waals surface area contributed by atoms with Crippen molar-refractivity contribution in [3.63, 3.8) is 0 Å². The average molecular weight is 463 g/mol. The summed E-state index contributed by atoms with van der Waals surface area (Å²) < 4.78 is 16.7. The minimum Gasteiger partial charge on any atom is -0.503 e. The summed E-state index contributed by atoms with van der Waals surface area (Å²) in [5.74, 6) is -1.05. The first-order chi connectivity index (χ1) is 16.6. The first kappa shape index (κ1) is 22.2. The molecule has 0 bridgehead atoms. The van der Waals surface area contributed by atoms with Crippen LogP contribution in [0.25, 0.3) is 11.0 Å². The molecular formula is C26H26N2O6. The molecule has 0 unspecified atom stereocenters. The zero-order valence-electron chi connectivity index (χ0n) is 18.9. The van der Waals surface area contributed by atoms with Crippen LogP contribution in [-0.4, -0.2) is 73.1 Å². The van der Waals surface area contributed by atoms with Gasteiger partial charge in [0.1, 0.15) is 11.3 Å². The largest absolute Gasteiger partial charge is 0.503 e. The van der Waals surface area contributed by atoms with Gasteiger partial charge in [0.25, 0.3) is 5.91 Å². The van der Waals surface area contributed by atoms with Gasteiger partial charge in [0.15, 0.2) is 11.5 Å². The number of ether oxygens (including phenoxy) is 2. The molecule has 2 aliphatic heterocycles. The third-order valence-electron chi connectivity index (χ3n) is 6.39. The number of carbonyl (C=O) groups is 2. The molecule has 34 heavy (non-hydrogen) atoms. The van der Waals surface area contributed by atoms with Crippen molar-refractivity contribution < 1.29 is 28.6 Å². The van der Waals surface area contributed by atoms with Crippen LogP contribution in [0.15, 0.2) is 70.3 Å². The Morgan fingerprint density at radius 1 is 1.09 bits per heavy atom. The van der Waals surface area contributed by atoms with Gasteiger partial charge in [-0.3, -0.25) is 14.5 Å². The van der Waals surface area contributed by atoms with Gasteiger partial charge in [0.2, 0.25) is 5.78 Å². The van der Waals surface area contributed by atoms with E-state index in [9.17, 15) is 14.7 Å². The summed E-state index contributed by atoms with van der Waals surface area (Å²) in [5.41, 5.74) is 1.19. The van der Waals surface area contributed by atoms with Crippen molar-refractivity contribution in [1.29, 1.82) is 0 Å². The first-order valence-corrected chi connectivity index (χ1v) is 11.3. The number of Topliss-reactive ketones (excluding diaryl/α,β-unsaturated/α-hetero) is 1. The molecule has 2 aliphatic rings. The maximum absolute atomic E-state index is 13.6. The number of methoxy groups -OCH3 is 1. The number of amides is 1. The number of ketones is 1. The van der Waals surface area contributed by atoms with Gasteiger partial charge in [-0.05, 0) is 18.2 Å². The maximum Gasteiger partial charge on any atom is 0.290 e. The van der Waals surface area contributed by atoms with Crippen LogP contribution in [0.4, 0.5) is 0 Å². The van der Waals surface area contributed by atoms with Crippen molar-refractivity contribution in [3.05, 3.63) is 77.3 Å². The molecule has 0 saturated carbocycles. The second-order valence-corrected chi connectivity index (χ2v) is 8.34. The fourth-order valence-corrected chi connectivity index (χ4v) is 4.63. The zero-order chi connectivity index (χ0) is 23.7. The van der Waals surface area contributed by atoms with Crippen molar-refractivity contribution in [1.82, 2.24) is 9.80 Å². The summed E-state index contributed by atoms with van der Waals surface area (Å²) in [6, 6.07) is 15.4. The lowest BCUT2D eigenvalue weighted by atomic mass is 9.94. The van der Waals surface area contributed by atoms with Gasteiger partial charge >= 0.3 is 0 Å². The van der Waals surface area contributed by atoms with E-state index in [1.807, 2.05) is 36.4 Å². The Kier molecular flexibility index (Phi) is 6.08. The third kappa shape index (κ3) is 3.95. The number of hydrogen-bond donors (Lipinski definition) is 1. The van der Waals surface area contributed by atoms with Crippen LogP contribution in [0.5, 0.6) is 5.75 Å². The van der Waals surface area contributed by atoms with Gasteiger partial charge in [-0.25, -0.2) is 0 Å². The average Bonchev–Trinajstić information content (AvgIpc) is 3.42. The van der Waals surface area contributed by atoms with Crippen molar-refractivity contribution in [3.8, 4) is 5.75 Å². The van der Waals surface area contributed by atoms with Crippen LogP contribution in [0.2, 0.25) is 0 Å². The van der Waals surface area contributed by atoms with Gasteiger partial charge in [0, 0.05) is 37.1 Å². The number of aliphatic hydroxyl groups is 1. The van der Waals surface area contributed by atoms with Gasteiger partial charge in [-0.1, -0.05) is 36.4 Å². The van der Waals surface area contributed by atoms with Gasteiger partial charge in [0.05, 0.1) is 31.9 Å². The first-order valence-electron chi connectivity index (χ1n) is 11.3. The van der Waals surface area contributed by atoms with Crippen molar-refractivity contribution in [2.24, 2.45) is 0 Å². The van der Waals surface area contributed by atoms with Gasteiger partial charge in [-0.15, -0.1) is 0 Å². The fraction of sp³-hybridized carbons (Fsp3) is 0.308. The SMILES string of the molecule is COc1ccccc1[C@H]1C(C(=O)c2cc3ccccc3o2)=C(O)C(=O)N1CCN1CCOCC1. The summed E-state index contributed by atoms with van der Waals surface area (Å²) in [6.45, 7) is 3.76. The summed E-state index contributed by atoms with van der Waals surface area (Å²) in [7, 11) is 1.54. The molecule has 8 heteroatoms. The van der Waals surface area contributed by atoms with E-state index >= 15 is 0 Å². The maximum atomic E-state index is 13.6. The van der Waals surface area contributed by atoms with Crippen LogP contribution >= 0.6 is 0 Å². The third-order valence-corrected chi connectivity index (χ3v) is 6.39. The molecule has 1 N–H and O–H groups in total. The van der Waals surface area contributed by atoms with E-state index in [-0.39, 0.29) is 11.3 Å². The zero-order valence-corrected chi connectivity index (χ0v) is 18.9. The number of hydrogen-bond acceptors (Lipinski definition) is 7. The number of benzene rings is 2. The van der Waals surface area contributed by atoms with Crippen LogP contribution in [0.1, 0.15) is 22.2 Å². The number of furan rings is 1. The Labute approximate surface area is 197 Å². The molecule has 1 saturated heterocycles. The van der Waals surface area contributed by atoms with E-state index in [1.54, 1.807) is 23.1 Å². The predicted octanol–water partition coefficient (Wildman–Crippen LogP) is 3.35. The fourth-order valence-electron chi connectivity index (χ4n) is 4.63. The number of rotatable bonds is 7. The molecule has 5 rings (SSSR count). The van der Waals surface area contributed by atoms with Gasteiger partial charge in [-0.2, -0.15) is 0 Å². The van der Waals surface area contributed by atoms with E-state index < -0.39 is 23.5 Å². The van der Waals surface area contributed by atoms with Crippen molar-refractivity contribution in [2.75, 3.05) is 46.5 Å². The molecule has 0 spiro atoms. The lowest BCUT2D eigenvalue weighted by Crippen LogP contribution is -2.43. The van der Waals surface area contributed by atoms with E-state index in [2.05, 4.69) is 4.90 Å². The lowest BCUT2D eigenvalue weighted by molar-refractivity contribution is -0.129. The van der Waals surface area contributed by atoms with Crippen LogP contribution in [-0.2, 0) is 9.53 Å². The summed E-state index contributed by atoms with van der Waals surface area (Å²) in [6.07, 6.45) is 0. The summed E-state index contributed by atoms with van der Waals surface area (Å²) in [5, 5.41) is 11.7. The molecule has 0 radical (unpaired) electrons. The van der Waals surface area contributed by atoms with Crippen molar-refractivity contribution >= 4 is 22.7 Å². The number of morpholine rings is 1. The molecule has 8 nitrogen and oxygen atoms in total. The second-order valence-electron chi connectivity index (χ2n) is 8.34. The highest BCUT2D eigenvalue weighted by molar-refractivity contribution is 6.16.